The zero-order valence-corrected chi connectivity index (χ0v) is 23.9. The van der Waals surface area contributed by atoms with Crippen molar-refractivity contribution >= 4 is 22.8 Å². The van der Waals surface area contributed by atoms with Crippen molar-refractivity contribution < 1.29 is 44.7 Å². The number of hydrogen-bond acceptors (Lipinski definition) is 5. The Morgan fingerprint density at radius 2 is 1.80 bits per heavy atom. The quantitative estimate of drug-likeness (QED) is 0.237. The van der Waals surface area contributed by atoms with Crippen LogP contribution in [0.1, 0.15) is 92.9 Å². The van der Waals surface area contributed by atoms with E-state index in [0.29, 0.717) is 6.92 Å². The fourth-order valence-electron chi connectivity index (χ4n) is 5.24. The summed E-state index contributed by atoms with van der Waals surface area (Å²) in [5.41, 5.74) is -1.23. The molecule has 0 aliphatic heterocycles. The van der Waals surface area contributed by atoms with Gasteiger partial charge in [0, 0.05) is 31.4 Å². The molecule has 0 saturated heterocycles. The number of halogens is 8. The third-order valence-electron chi connectivity index (χ3n) is 7.42. The number of nitrogens with zero attached hydrogens (tertiary/aromatic N) is 4. The molecule has 0 spiro atoms. The summed E-state index contributed by atoms with van der Waals surface area (Å²) < 4.78 is 112. The van der Waals surface area contributed by atoms with Crippen LogP contribution in [-0.2, 0) is 4.79 Å². The molecule has 1 aromatic carbocycles. The van der Waals surface area contributed by atoms with Crippen LogP contribution in [0.25, 0.3) is 11.0 Å². The fourth-order valence-corrected chi connectivity index (χ4v) is 5.24. The van der Waals surface area contributed by atoms with Crippen LogP contribution < -0.4 is 10.6 Å². The lowest BCUT2D eigenvalue weighted by molar-refractivity contribution is -0.148. The highest BCUT2D eigenvalue weighted by molar-refractivity contribution is 5.91. The molecule has 242 valence electrons. The molecule has 2 aromatic heterocycles. The van der Waals surface area contributed by atoms with Gasteiger partial charge in [-0.1, -0.05) is 6.07 Å². The van der Waals surface area contributed by atoms with E-state index in [9.17, 15) is 40.3 Å². The number of H-pyrrole nitrogens is 1. The molecule has 44 heavy (non-hydrogen) atoms. The van der Waals surface area contributed by atoms with E-state index in [1.807, 2.05) is 0 Å². The summed E-state index contributed by atoms with van der Waals surface area (Å²) in [5, 5.41) is 8.46. The normalized spacial score (nSPS) is 17.5. The molecular formula is C27H31F8N7O2. The number of alkyl halides is 7. The van der Waals surface area contributed by atoms with E-state index in [4.69, 9.17) is 0 Å². The Bertz CT molecular complexity index is 1490. The number of imidazole rings is 1. The molecule has 3 N–H and O–H groups in total. The summed E-state index contributed by atoms with van der Waals surface area (Å²) >= 11 is 0. The van der Waals surface area contributed by atoms with E-state index in [1.165, 1.54) is 17.1 Å². The number of hydrogen-bond donors (Lipinski definition) is 3. The summed E-state index contributed by atoms with van der Waals surface area (Å²) in [7, 11) is 0. The van der Waals surface area contributed by atoms with Gasteiger partial charge in [0.05, 0.1) is 30.4 Å². The second-order valence-electron chi connectivity index (χ2n) is 11.4. The van der Waals surface area contributed by atoms with E-state index in [0.717, 1.165) is 6.07 Å². The van der Waals surface area contributed by atoms with Gasteiger partial charge in [-0.15, -0.1) is 0 Å². The molecule has 4 rings (SSSR count). The monoisotopic (exact) mass is 637 g/mol. The topological polar surface area (TPSA) is 118 Å². The maximum atomic E-state index is 15.8. The molecule has 1 unspecified atom stereocenters. The first-order valence-electron chi connectivity index (χ1n) is 13.8. The summed E-state index contributed by atoms with van der Waals surface area (Å²) in [4.78, 5) is 36.8. The largest absolute Gasteiger partial charge is 0.390 e. The zero-order chi connectivity index (χ0) is 32.6. The number of carbonyl (C=O) groups excluding carboxylic acids is 2. The standard InChI is InChI=1S/C27H31F8N7O2/c1-13(2)42-22(37-12-38-42)24(44)41-19(14-6-8-26(31,32)9-7-14)21-39-17-5-4-15(18(28)20(17)40-21)16(10-27(33,34)35)23(43)36-11-25(3,29)30/h4-5,12-14,16,19H,6-11H2,1-3H3,(H,36,43)(H,39,40)(H,41,44)/t16?,19-/m0/s1. The van der Waals surface area contributed by atoms with Crippen LogP contribution in [0, 0.1) is 11.7 Å². The minimum Gasteiger partial charge on any atom is -0.350 e. The van der Waals surface area contributed by atoms with Crippen molar-refractivity contribution in [2.75, 3.05) is 6.54 Å². The lowest BCUT2D eigenvalue weighted by Crippen LogP contribution is -2.39. The van der Waals surface area contributed by atoms with Gasteiger partial charge in [-0.3, -0.25) is 9.59 Å². The van der Waals surface area contributed by atoms with E-state index < -0.39 is 90.4 Å². The summed E-state index contributed by atoms with van der Waals surface area (Å²) in [6, 6.07) is 0.763. The van der Waals surface area contributed by atoms with E-state index in [-0.39, 0.29) is 36.0 Å². The van der Waals surface area contributed by atoms with Gasteiger partial charge in [-0.2, -0.15) is 18.3 Å². The molecule has 1 aliphatic carbocycles. The number of rotatable bonds is 10. The molecule has 0 bridgehead atoms. The SMILES string of the molecule is CC(C)n1ncnc1C(=O)N[C@H](c1nc2c(F)c(C(CC(F)(F)F)C(=O)NCC(C)(F)F)ccc2[nH]1)C1CCC(F)(F)CC1. The molecular weight excluding hydrogens is 606 g/mol. The third kappa shape index (κ3) is 7.83. The number of aromatic nitrogens is 5. The highest BCUT2D eigenvalue weighted by Gasteiger charge is 2.41. The van der Waals surface area contributed by atoms with Crippen LogP contribution in [0.5, 0.6) is 0 Å². The molecule has 17 heteroatoms. The van der Waals surface area contributed by atoms with Crippen LogP contribution in [0.15, 0.2) is 18.5 Å². The van der Waals surface area contributed by atoms with E-state index in [2.05, 4.69) is 25.4 Å². The predicted molar refractivity (Wildman–Crippen MR) is 141 cm³/mol. The molecule has 2 atom stereocenters. The number of benzene rings is 1. The zero-order valence-electron chi connectivity index (χ0n) is 23.9. The average Bonchev–Trinajstić information content (AvgIpc) is 3.57. The Labute approximate surface area is 246 Å². The van der Waals surface area contributed by atoms with Gasteiger partial charge in [0.25, 0.3) is 11.8 Å². The van der Waals surface area contributed by atoms with E-state index in [1.54, 1.807) is 19.2 Å². The molecule has 9 nitrogen and oxygen atoms in total. The molecule has 1 saturated carbocycles. The molecule has 2 amide bonds. The van der Waals surface area contributed by atoms with Gasteiger partial charge >= 0.3 is 6.18 Å². The van der Waals surface area contributed by atoms with Crippen molar-refractivity contribution in [3.05, 3.63) is 41.5 Å². The summed E-state index contributed by atoms with van der Waals surface area (Å²) in [6.45, 7) is 2.71. The average molecular weight is 638 g/mol. The number of nitrogens with one attached hydrogen (secondary N) is 3. The Kier molecular flexibility index (Phi) is 9.26. The fraction of sp³-hybridized carbons (Fsp3) is 0.593. The van der Waals surface area contributed by atoms with Crippen molar-refractivity contribution in [1.82, 2.24) is 35.4 Å². The van der Waals surface area contributed by atoms with Crippen LogP contribution >= 0.6 is 0 Å². The number of aromatic amines is 1. The Balaban J connectivity index is 1.72. The Hall–Kier alpha value is -3.79. The Morgan fingerprint density at radius 3 is 2.39 bits per heavy atom. The first kappa shape index (κ1) is 33.1. The minimum absolute atomic E-state index is 0.0155. The van der Waals surface area contributed by atoms with Crippen molar-refractivity contribution in [2.24, 2.45) is 5.92 Å². The molecule has 1 aliphatic rings. The maximum absolute atomic E-state index is 15.8. The van der Waals surface area contributed by atoms with Gasteiger partial charge in [-0.05, 0) is 38.7 Å². The predicted octanol–water partition coefficient (Wildman–Crippen LogP) is 5.98. The van der Waals surface area contributed by atoms with Crippen LogP contribution in [0.4, 0.5) is 35.1 Å². The second-order valence-corrected chi connectivity index (χ2v) is 11.4. The number of amides is 2. The van der Waals surface area contributed by atoms with Crippen molar-refractivity contribution in [1.29, 1.82) is 0 Å². The van der Waals surface area contributed by atoms with Crippen molar-refractivity contribution in [3.8, 4) is 0 Å². The molecule has 2 heterocycles. The molecule has 3 aromatic rings. The molecule has 0 radical (unpaired) electrons. The Morgan fingerprint density at radius 1 is 1.14 bits per heavy atom. The minimum atomic E-state index is -4.95. The third-order valence-corrected chi connectivity index (χ3v) is 7.42. The second kappa shape index (κ2) is 12.3. The molecule has 1 fully saturated rings. The van der Waals surface area contributed by atoms with Gasteiger partial charge < -0.3 is 15.6 Å². The van der Waals surface area contributed by atoms with E-state index >= 15 is 4.39 Å². The van der Waals surface area contributed by atoms with Gasteiger partial charge in [0.15, 0.2) is 5.82 Å². The van der Waals surface area contributed by atoms with Crippen LogP contribution in [-0.4, -0.2) is 61.1 Å². The van der Waals surface area contributed by atoms with Crippen LogP contribution in [0.2, 0.25) is 0 Å². The van der Waals surface area contributed by atoms with Gasteiger partial charge in [0.1, 0.15) is 17.7 Å². The lowest BCUT2D eigenvalue weighted by atomic mass is 9.81. The summed E-state index contributed by atoms with van der Waals surface area (Å²) in [5.74, 6) is -12.7. The highest BCUT2D eigenvalue weighted by atomic mass is 19.4. The van der Waals surface area contributed by atoms with Crippen molar-refractivity contribution in [3.63, 3.8) is 0 Å². The van der Waals surface area contributed by atoms with Crippen molar-refractivity contribution in [2.45, 2.75) is 88.9 Å². The maximum Gasteiger partial charge on any atom is 0.390 e. The lowest BCUT2D eigenvalue weighted by Gasteiger charge is -2.33. The smallest absolute Gasteiger partial charge is 0.350 e. The number of carbonyl (C=O) groups is 2. The first-order valence-corrected chi connectivity index (χ1v) is 13.8. The first-order chi connectivity index (χ1) is 20.3. The highest BCUT2D eigenvalue weighted by Crippen LogP contribution is 2.42. The number of fused-ring (bicyclic) bond motifs is 1. The van der Waals surface area contributed by atoms with Gasteiger partial charge in [-0.25, -0.2) is 36.6 Å². The van der Waals surface area contributed by atoms with Gasteiger partial charge in [0.2, 0.25) is 17.7 Å². The summed E-state index contributed by atoms with van der Waals surface area (Å²) in [6.07, 6.45) is -6.64. The van der Waals surface area contributed by atoms with Crippen LogP contribution in [0.3, 0.4) is 0 Å².